The van der Waals surface area contributed by atoms with Crippen molar-refractivity contribution in [1.82, 2.24) is 0 Å². The molecule has 12 heteroatoms. The van der Waals surface area contributed by atoms with Crippen LogP contribution in [0.3, 0.4) is 0 Å². The van der Waals surface area contributed by atoms with E-state index < -0.39 is 45.2 Å². The highest BCUT2D eigenvalue weighted by molar-refractivity contribution is 6.60. The topological polar surface area (TPSA) is 186 Å². The van der Waals surface area contributed by atoms with Crippen molar-refractivity contribution in [2.45, 2.75) is 30.9 Å². The smallest absolute Gasteiger partial charge is 0.481 e. The van der Waals surface area contributed by atoms with E-state index in [4.69, 9.17) is 39.4 Å². The number of hydrogen-bond donors (Lipinski definition) is 5. The van der Waals surface area contributed by atoms with Gasteiger partial charge in [-0.25, -0.2) is 4.79 Å². The summed E-state index contributed by atoms with van der Waals surface area (Å²) in [5.41, 5.74) is 2.62. The number of hydrogen-bond acceptors (Lipinski definition) is 8. The zero-order valence-electron chi connectivity index (χ0n) is 13.9. The normalized spacial score (nSPS) is 11.4. The summed E-state index contributed by atoms with van der Waals surface area (Å²) in [5, 5.41) is 33.8. The summed E-state index contributed by atoms with van der Waals surface area (Å²) in [7, 11) is 2.50. The fraction of sp³-hybridized carbons (Fsp3) is 0.750. The van der Waals surface area contributed by atoms with E-state index in [1.54, 1.807) is 21.3 Å². The molecule has 0 unspecified atom stereocenters. The van der Waals surface area contributed by atoms with E-state index in [9.17, 15) is 14.4 Å². The average molecular weight is 371 g/mol. The molecule has 0 aliphatic carbocycles. The minimum atomic E-state index is -2.74. The molecule has 6 N–H and O–H groups in total. The molecule has 0 aromatic heterocycles. The van der Waals surface area contributed by atoms with Crippen LogP contribution in [0.5, 0.6) is 0 Å². The van der Waals surface area contributed by atoms with Gasteiger partial charge in [0.15, 0.2) is 5.60 Å². The third kappa shape index (κ3) is 9.54. The first-order chi connectivity index (χ1) is 11.0. The number of aliphatic hydroxyl groups is 1. The SMILES string of the molecule is CO[Si](CCCN)(OC)OC.O=C(O)CC(O)(CC(=O)O)C(=O)O. The van der Waals surface area contributed by atoms with Gasteiger partial charge in [-0.2, -0.15) is 0 Å². The Labute approximate surface area is 140 Å². The number of carbonyl (C=O) groups is 3. The number of carboxylic acid groups (broad SMARTS) is 3. The maximum atomic E-state index is 10.3. The predicted octanol–water partition coefficient (Wildman–Crippen LogP) is -1.04. The van der Waals surface area contributed by atoms with Crippen LogP contribution in [0.4, 0.5) is 0 Å². The van der Waals surface area contributed by atoms with Gasteiger partial charge in [0, 0.05) is 27.4 Å². The first-order valence-electron chi connectivity index (χ1n) is 6.77. The predicted molar refractivity (Wildman–Crippen MR) is 82.4 cm³/mol. The van der Waals surface area contributed by atoms with Crippen molar-refractivity contribution in [3.8, 4) is 0 Å². The fourth-order valence-corrected chi connectivity index (χ4v) is 3.34. The van der Waals surface area contributed by atoms with Gasteiger partial charge < -0.3 is 39.4 Å². The molecular weight excluding hydrogens is 346 g/mol. The second-order valence-electron chi connectivity index (χ2n) is 4.67. The summed E-state index contributed by atoms with van der Waals surface area (Å²) in [6, 6.07) is 0.785. The van der Waals surface area contributed by atoms with Crippen LogP contribution in [0.1, 0.15) is 19.3 Å². The van der Waals surface area contributed by atoms with Crippen molar-refractivity contribution in [3.05, 3.63) is 0 Å². The second-order valence-corrected chi connectivity index (χ2v) is 7.76. The van der Waals surface area contributed by atoms with E-state index in [0.717, 1.165) is 12.5 Å². The van der Waals surface area contributed by atoms with Crippen LogP contribution in [0.25, 0.3) is 0 Å². The van der Waals surface area contributed by atoms with Gasteiger partial charge in [-0.05, 0) is 13.0 Å². The van der Waals surface area contributed by atoms with Crippen LogP contribution in [0, 0.1) is 0 Å². The molecule has 11 nitrogen and oxygen atoms in total. The van der Waals surface area contributed by atoms with Crippen LogP contribution in [0.15, 0.2) is 0 Å². The lowest BCUT2D eigenvalue weighted by atomic mass is 9.96. The summed E-state index contributed by atoms with van der Waals surface area (Å²) < 4.78 is 15.5. The van der Waals surface area contributed by atoms with E-state index in [0.29, 0.717) is 6.54 Å². The number of carboxylic acids is 3. The Kier molecular flexibility index (Phi) is 12.2. The lowest BCUT2D eigenvalue weighted by Crippen LogP contribution is -2.42. The molecule has 0 rings (SSSR count). The van der Waals surface area contributed by atoms with Gasteiger partial charge in [0.2, 0.25) is 0 Å². The summed E-state index contributed by atoms with van der Waals surface area (Å²) in [6.07, 6.45) is -1.41. The quantitative estimate of drug-likeness (QED) is 0.279. The Balaban J connectivity index is 0. The minimum absolute atomic E-state index is 0.644. The van der Waals surface area contributed by atoms with Crippen molar-refractivity contribution < 1.29 is 48.1 Å². The Hall–Kier alpha value is -1.57. The first-order valence-corrected chi connectivity index (χ1v) is 8.70. The number of nitrogens with two attached hydrogens (primary N) is 1. The van der Waals surface area contributed by atoms with Crippen molar-refractivity contribution in [2.24, 2.45) is 5.73 Å². The molecule has 0 radical (unpaired) electrons. The van der Waals surface area contributed by atoms with Gasteiger partial charge in [-0.1, -0.05) is 0 Å². The molecule has 0 atom stereocenters. The van der Waals surface area contributed by atoms with Crippen molar-refractivity contribution in [3.63, 3.8) is 0 Å². The highest BCUT2D eigenvalue weighted by Gasteiger charge is 2.40. The van der Waals surface area contributed by atoms with Gasteiger partial charge in [-0.3, -0.25) is 9.59 Å². The highest BCUT2D eigenvalue weighted by atomic mass is 28.4. The maximum absolute atomic E-state index is 10.3. The molecule has 0 bridgehead atoms. The van der Waals surface area contributed by atoms with Crippen LogP contribution < -0.4 is 5.73 Å². The van der Waals surface area contributed by atoms with Crippen LogP contribution in [-0.2, 0) is 27.7 Å². The Morgan fingerprint density at radius 2 is 1.33 bits per heavy atom. The average Bonchev–Trinajstić information content (AvgIpc) is 2.48. The van der Waals surface area contributed by atoms with Crippen LogP contribution in [0.2, 0.25) is 6.04 Å². The highest BCUT2D eigenvalue weighted by Crippen LogP contribution is 2.15. The van der Waals surface area contributed by atoms with Crippen LogP contribution in [-0.4, -0.2) is 80.6 Å². The Morgan fingerprint density at radius 3 is 1.54 bits per heavy atom. The zero-order valence-corrected chi connectivity index (χ0v) is 14.9. The molecule has 0 amide bonds. The minimum Gasteiger partial charge on any atom is -0.481 e. The standard InChI is InChI=1S/C6H17NO3Si.C6H8O7/c1-8-11(9-2,10-3)6-4-5-7;7-3(8)1-6(13,5(11)12)2-4(9)10/h4-7H2,1-3H3;13H,1-2H2,(H,7,8)(H,9,10)(H,11,12). The third-order valence-electron chi connectivity index (χ3n) is 2.91. The molecule has 0 spiro atoms. The van der Waals surface area contributed by atoms with Gasteiger partial charge in [0.25, 0.3) is 0 Å². The van der Waals surface area contributed by atoms with E-state index in [1.807, 2.05) is 0 Å². The summed E-state index contributed by atoms with van der Waals surface area (Å²) >= 11 is 0. The third-order valence-corrected chi connectivity index (χ3v) is 5.74. The lowest BCUT2D eigenvalue weighted by Gasteiger charge is -2.23. The van der Waals surface area contributed by atoms with E-state index >= 15 is 0 Å². The van der Waals surface area contributed by atoms with Gasteiger partial charge >= 0.3 is 26.7 Å². The summed E-state index contributed by atoms with van der Waals surface area (Å²) in [4.78, 5) is 30.5. The molecule has 0 saturated carbocycles. The largest absolute Gasteiger partial charge is 0.500 e. The lowest BCUT2D eigenvalue weighted by molar-refractivity contribution is -0.170. The molecule has 0 aliphatic heterocycles. The molecule has 0 heterocycles. The van der Waals surface area contributed by atoms with Crippen molar-refractivity contribution >= 4 is 26.7 Å². The summed E-state index contributed by atoms with van der Waals surface area (Å²) in [5.74, 6) is -5.02. The van der Waals surface area contributed by atoms with Gasteiger partial charge in [0.05, 0.1) is 12.8 Å². The summed E-state index contributed by atoms with van der Waals surface area (Å²) in [6.45, 7) is 0.644. The molecule has 0 aromatic carbocycles. The number of aliphatic carboxylic acids is 3. The Morgan fingerprint density at radius 1 is 0.958 bits per heavy atom. The monoisotopic (exact) mass is 371 g/mol. The molecule has 0 aliphatic rings. The van der Waals surface area contributed by atoms with E-state index in [-0.39, 0.29) is 0 Å². The van der Waals surface area contributed by atoms with E-state index in [2.05, 4.69) is 0 Å². The van der Waals surface area contributed by atoms with Crippen molar-refractivity contribution in [2.75, 3.05) is 27.9 Å². The molecular formula is C12H25NO10Si. The first kappa shape index (κ1) is 24.7. The fourth-order valence-electron chi connectivity index (χ4n) is 1.59. The van der Waals surface area contributed by atoms with E-state index in [1.165, 1.54) is 0 Å². The van der Waals surface area contributed by atoms with Crippen molar-refractivity contribution in [1.29, 1.82) is 0 Å². The number of rotatable bonds is 11. The zero-order chi connectivity index (χ0) is 19.4. The van der Waals surface area contributed by atoms with Gasteiger partial charge in [0.1, 0.15) is 0 Å². The maximum Gasteiger partial charge on any atom is 0.500 e. The van der Waals surface area contributed by atoms with Gasteiger partial charge in [-0.15, -0.1) is 0 Å². The molecule has 0 fully saturated rings. The molecule has 24 heavy (non-hydrogen) atoms. The molecule has 0 saturated heterocycles. The second kappa shape index (κ2) is 11.9. The molecule has 142 valence electrons. The van der Waals surface area contributed by atoms with Crippen LogP contribution >= 0.6 is 0 Å². The Bertz CT molecular complexity index is 388. The molecule has 0 aromatic rings.